The van der Waals surface area contributed by atoms with Gasteiger partial charge in [-0.2, -0.15) is 0 Å². The number of rotatable bonds is 10. The van der Waals surface area contributed by atoms with Crippen molar-refractivity contribution >= 4 is 11.9 Å². The first-order valence-electron chi connectivity index (χ1n) is 7.43. The van der Waals surface area contributed by atoms with Crippen LogP contribution in [0.4, 0.5) is 0 Å². The maximum Gasteiger partial charge on any atom is 0.306 e. The lowest BCUT2D eigenvalue weighted by Crippen LogP contribution is -2.20. The molecule has 0 aliphatic heterocycles. The minimum atomic E-state index is -0.243. The van der Waals surface area contributed by atoms with Crippen LogP contribution in [0.15, 0.2) is 12.2 Å². The molecule has 0 aromatic carbocycles. The summed E-state index contributed by atoms with van der Waals surface area (Å²) in [6.45, 7) is 8.29. The standard InChI is InChI=1S/C16H28O4/c1-5-6-7-8-12-19-15(17)10-9-11-16(18)20-14(4)13(2)3/h5-6,13-14H,7-12H2,1-4H3/b6-5+. The van der Waals surface area contributed by atoms with E-state index in [1.54, 1.807) is 0 Å². The highest BCUT2D eigenvalue weighted by Gasteiger charge is 2.13. The maximum absolute atomic E-state index is 11.5. The molecular formula is C16H28O4. The molecule has 20 heavy (non-hydrogen) atoms. The van der Waals surface area contributed by atoms with Gasteiger partial charge in [0.05, 0.1) is 6.61 Å². The molecule has 4 heteroatoms. The predicted octanol–water partition coefficient (Wildman–Crippen LogP) is 3.64. The van der Waals surface area contributed by atoms with Gasteiger partial charge in [0.1, 0.15) is 6.10 Å². The first-order chi connectivity index (χ1) is 9.47. The van der Waals surface area contributed by atoms with Gasteiger partial charge in [-0.05, 0) is 39.0 Å². The first-order valence-corrected chi connectivity index (χ1v) is 7.43. The van der Waals surface area contributed by atoms with Gasteiger partial charge in [0.15, 0.2) is 0 Å². The van der Waals surface area contributed by atoms with Crippen LogP contribution in [0, 0.1) is 5.92 Å². The van der Waals surface area contributed by atoms with Crippen LogP contribution in [0.1, 0.15) is 59.8 Å². The van der Waals surface area contributed by atoms with Gasteiger partial charge in [0.2, 0.25) is 0 Å². The molecule has 4 nitrogen and oxygen atoms in total. The Labute approximate surface area is 122 Å². The Kier molecular flexibility index (Phi) is 10.7. The Morgan fingerprint density at radius 1 is 1.05 bits per heavy atom. The Morgan fingerprint density at radius 2 is 1.70 bits per heavy atom. The molecule has 0 spiro atoms. The lowest BCUT2D eigenvalue weighted by atomic mass is 10.1. The zero-order chi connectivity index (χ0) is 15.4. The summed E-state index contributed by atoms with van der Waals surface area (Å²) in [6.07, 6.45) is 6.72. The number of hydrogen-bond donors (Lipinski definition) is 0. The lowest BCUT2D eigenvalue weighted by Gasteiger charge is -2.16. The fraction of sp³-hybridized carbons (Fsp3) is 0.750. The summed E-state index contributed by atoms with van der Waals surface area (Å²) in [6, 6.07) is 0. The fourth-order valence-corrected chi connectivity index (χ4v) is 1.41. The molecule has 116 valence electrons. The smallest absolute Gasteiger partial charge is 0.306 e. The molecule has 0 rings (SSSR count). The largest absolute Gasteiger partial charge is 0.466 e. The number of ether oxygens (including phenoxy) is 2. The summed E-state index contributed by atoms with van der Waals surface area (Å²) in [7, 11) is 0. The van der Waals surface area contributed by atoms with Crippen molar-refractivity contribution in [2.75, 3.05) is 6.61 Å². The second-order valence-electron chi connectivity index (χ2n) is 5.22. The lowest BCUT2D eigenvalue weighted by molar-refractivity contribution is -0.150. The molecule has 0 aromatic heterocycles. The van der Waals surface area contributed by atoms with E-state index in [-0.39, 0.29) is 30.9 Å². The van der Waals surface area contributed by atoms with Gasteiger partial charge in [-0.25, -0.2) is 0 Å². The normalized spacial score (nSPS) is 12.7. The third kappa shape index (κ3) is 10.6. The van der Waals surface area contributed by atoms with Crippen molar-refractivity contribution in [1.82, 2.24) is 0 Å². The summed E-state index contributed by atoms with van der Waals surface area (Å²) in [5.74, 6) is -0.177. The van der Waals surface area contributed by atoms with E-state index in [1.165, 1.54) is 0 Å². The second kappa shape index (κ2) is 11.5. The van der Waals surface area contributed by atoms with E-state index in [0.717, 1.165) is 12.8 Å². The quantitative estimate of drug-likeness (QED) is 0.349. The highest BCUT2D eigenvalue weighted by molar-refractivity contribution is 5.72. The fourth-order valence-electron chi connectivity index (χ4n) is 1.41. The molecule has 0 radical (unpaired) electrons. The van der Waals surface area contributed by atoms with Crippen LogP contribution in [-0.2, 0) is 19.1 Å². The number of esters is 2. The van der Waals surface area contributed by atoms with Crippen LogP contribution < -0.4 is 0 Å². The van der Waals surface area contributed by atoms with Gasteiger partial charge in [-0.15, -0.1) is 0 Å². The second-order valence-corrected chi connectivity index (χ2v) is 5.22. The van der Waals surface area contributed by atoms with Gasteiger partial charge in [-0.3, -0.25) is 9.59 Å². The van der Waals surface area contributed by atoms with E-state index in [0.29, 0.717) is 18.9 Å². The summed E-state index contributed by atoms with van der Waals surface area (Å²) in [4.78, 5) is 22.9. The van der Waals surface area contributed by atoms with Crippen LogP contribution in [0.25, 0.3) is 0 Å². The Morgan fingerprint density at radius 3 is 2.30 bits per heavy atom. The first kappa shape index (κ1) is 18.7. The number of carbonyl (C=O) groups excluding carboxylic acids is 2. The summed E-state index contributed by atoms with van der Waals surface area (Å²) in [5.41, 5.74) is 0. The van der Waals surface area contributed by atoms with Crippen molar-refractivity contribution in [2.45, 2.75) is 65.9 Å². The number of hydrogen-bond acceptors (Lipinski definition) is 4. The Hall–Kier alpha value is -1.32. The van der Waals surface area contributed by atoms with Crippen molar-refractivity contribution < 1.29 is 19.1 Å². The highest BCUT2D eigenvalue weighted by Crippen LogP contribution is 2.08. The average molecular weight is 284 g/mol. The Balaban J connectivity index is 3.58. The zero-order valence-corrected chi connectivity index (χ0v) is 13.2. The van der Waals surface area contributed by atoms with Crippen molar-refractivity contribution in [1.29, 1.82) is 0 Å². The van der Waals surface area contributed by atoms with Crippen LogP contribution >= 0.6 is 0 Å². The zero-order valence-electron chi connectivity index (χ0n) is 13.2. The monoisotopic (exact) mass is 284 g/mol. The van der Waals surface area contributed by atoms with Crippen LogP contribution in [-0.4, -0.2) is 24.6 Å². The minimum absolute atomic E-state index is 0.0823. The molecule has 0 aromatic rings. The van der Waals surface area contributed by atoms with Crippen molar-refractivity contribution in [2.24, 2.45) is 5.92 Å². The molecule has 0 N–H and O–H groups in total. The highest BCUT2D eigenvalue weighted by atomic mass is 16.5. The van der Waals surface area contributed by atoms with E-state index in [2.05, 4.69) is 0 Å². The molecule has 0 saturated heterocycles. The van der Waals surface area contributed by atoms with Crippen LogP contribution in [0.2, 0.25) is 0 Å². The molecule has 0 aliphatic carbocycles. The molecule has 0 fully saturated rings. The molecule has 0 saturated carbocycles. The van der Waals surface area contributed by atoms with E-state index < -0.39 is 0 Å². The topological polar surface area (TPSA) is 52.6 Å². The number of carbonyl (C=O) groups is 2. The summed E-state index contributed by atoms with van der Waals surface area (Å²) < 4.78 is 10.3. The third-order valence-corrected chi connectivity index (χ3v) is 3.03. The summed E-state index contributed by atoms with van der Waals surface area (Å²) in [5, 5.41) is 0. The van der Waals surface area contributed by atoms with Crippen LogP contribution in [0.5, 0.6) is 0 Å². The van der Waals surface area contributed by atoms with Crippen molar-refractivity contribution in [3.8, 4) is 0 Å². The molecule has 1 unspecified atom stereocenters. The van der Waals surface area contributed by atoms with Crippen molar-refractivity contribution in [3.05, 3.63) is 12.2 Å². The van der Waals surface area contributed by atoms with E-state index in [1.807, 2.05) is 39.8 Å². The molecule has 0 bridgehead atoms. The maximum atomic E-state index is 11.5. The van der Waals surface area contributed by atoms with Gasteiger partial charge >= 0.3 is 11.9 Å². The molecular weight excluding hydrogens is 256 g/mol. The Bertz CT molecular complexity index is 308. The minimum Gasteiger partial charge on any atom is -0.466 e. The SMILES string of the molecule is C/C=C/CCCOC(=O)CCCC(=O)OC(C)C(C)C. The number of allylic oxidation sites excluding steroid dienone is 2. The van der Waals surface area contributed by atoms with Gasteiger partial charge in [0, 0.05) is 12.8 Å². The molecule has 0 heterocycles. The van der Waals surface area contributed by atoms with Crippen LogP contribution in [0.3, 0.4) is 0 Å². The van der Waals surface area contributed by atoms with Gasteiger partial charge in [0.25, 0.3) is 0 Å². The van der Waals surface area contributed by atoms with Gasteiger partial charge < -0.3 is 9.47 Å². The van der Waals surface area contributed by atoms with E-state index in [9.17, 15) is 9.59 Å². The van der Waals surface area contributed by atoms with Gasteiger partial charge in [-0.1, -0.05) is 26.0 Å². The van der Waals surface area contributed by atoms with E-state index >= 15 is 0 Å². The van der Waals surface area contributed by atoms with E-state index in [4.69, 9.17) is 9.47 Å². The van der Waals surface area contributed by atoms with Crippen molar-refractivity contribution in [3.63, 3.8) is 0 Å². The number of unbranched alkanes of at least 4 members (excludes halogenated alkanes) is 1. The predicted molar refractivity (Wildman–Crippen MR) is 79.3 cm³/mol. The third-order valence-electron chi connectivity index (χ3n) is 3.03. The molecule has 0 aliphatic rings. The molecule has 0 amide bonds. The summed E-state index contributed by atoms with van der Waals surface area (Å²) >= 11 is 0. The molecule has 1 atom stereocenters. The average Bonchev–Trinajstić information content (AvgIpc) is 2.38.